The molecule has 0 spiro atoms. The second-order valence-corrected chi connectivity index (χ2v) is 7.03. The maximum atomic E-state index is 6.07. The zero-order valence-electron chi connectivity index (χ0n) is 8.86. The number of hydrogen-bond acceptors (Lipinski definition) is 4. The van der Waals surface area contributed by atoms with Gasteiger partial charge in [-0.15, -0.1) is 11.8 Å². The topological polar surface area (TPSA) is 25.8 Å². The molecule has 1 saturated carbocycles. The highest BCUT2D eigenvalue weighted by Gasteiger charge is 2.27. The Morgan fingerprint density at radius 1 is 1.25 bits per heavy atom. The van der Waals surface area contributed by atoms with Gasteiger partial charge in [0.25, 0.3) is 0 Å². The van der Waals surface area contributed by atoms with Gasteiger partial charge in [0.15, 0.2) is 0 Å². The maximum absolute atomic E-state index is 6.07. The third kappa shape index (κ3) is 2.49. The van der Waals surface area contributed by atoms with Gasteiger partial charge >= 0.3 is 0 Å². The molecule has 1 aromatic heterocycles. The summed E-state index contributed by atoms with van der Waals surface area (Å²) in [5, 5.41) is 1.05. The largest absolute Gasteiger partial charge is 0.236 e. The average Bonchev–Trinajstić information content (AvgIpc) is 3.13. The Kier molecular flexibility index (Phi) is 3.32. The molecule has 2 nitrogen and oxygen atoms in total. The Hall–Kier alpha value is 0.0700. The molecule has 1 aliphatic heterocycles. The van der Waals surface area contributed by atoms with Gasteiger partial charge in [-0.2, -0.15) is 11.8 Å². The molecule has 0 N–H and O–H groups in total. The number of halogens is 1. The second-order valence-electron chi connectivity index (χ2n) is 4.18. The normalized spacial score (nSPS) is 25.7. The van der Waals surface area contributed by atoms with E-state index in [4.69, 9.17) is 11.6 Å². The van der Waals surface area contributed by atoms with Crippen molar-refractivity contribution in [3.63, 3.8) is 0 Å². The van der Waals surface area contributed by atoms with Crippen molar-refractivity contribution >= 4 is 35.1 Å². The van der Waals surface area contributed by atoms with Crippen LogP contribution in [-0.4, -0.2) is 27.2 Å². The van der Waals surface area contributed by atoms with Crippen molar-refractivity contribution in [3.05, 3.63) is 22.7 Å². The molecule has 0 amide bonds. The van der Waals surface area contributed by atoms with Crippen LogP contribution in [-0.2, 0) is 0 Å². The van der Waals surface area contributed by atoms with E-state index in [0.717, 1.165) is 17.3 Å². The lowest BCUT2D eigenvalue weighted by Crippen LogP contribution is -2.11. The quantitative estimate of drug-likeness (QED) is 0.770. The molecule has 1 unspecified atom stereocenters. The zero-order chi connectivity index (χ0) is 11.0. The lowest BCUT2D eigenvalue weighted by Gasteiger charge is -2.20. The fraction of sp³-hybridized carbons (Fsp3) is 0.636. The first-order valence-corrected chi connectivity index (χ1v) is 8.15. The predicted molar refractivity (Wildman–Crippen MR) is 71.5 cm³/mol. The average molecular weight is 273 g/mol. The van der Waals surface area contributed by atoms with Crippen molar-refractivity contribution in [1.29, 1.82) is 0 Å². The van der Waals surface area contributed by atoms with E-state index in [9.17, 15) is 0 Å². The highest BCUT2D eigenvalue weighted by molar-refractivity contribution is 8.06. The summed E-state index contributed by atoms with van der Waals surface area (Å²) in [7, 11) is 0. The van der Waals surface area contributed by atoms with Crippen molar-refractivity contribution in [2.75, 3.05) is 17.3 Å². The van der Waals surface area contributed by atoms with Crippen LogP contribution in [0.1, 0.15) is 35.5 Å². The van der Waals surface area contributed by atoms with Gasteiger partial charge in [-0.25, -0.2) is 9.97 Å². The second kappa shape index (κ2) is 4.75. The van der Waals surface area contributed by atoms with Gasteiger partial charge in [0.1, 0.15) is 11.0 Å². The Morgan fingerprint density at radius 2 is 2.12 bits per heavy atom. The fourth-order valence-electron chi connectivity index (χ4n) is 1.82. The minimum atomic E-state index is 0.440. The van der Waals surface area contributed by atoms with Gasteiger partial charge in [0.05, 0.1) is 5.25 Å². The van der Waals surface area contributed by atoms with E-state index >= 15 is 0 Å². The molecule has 86 valence electrons. The fourth-order valence-corrected chi connectivity index (χ4v) is 4.62. The summed E-state index contributed by atoms with van der Waals surface area (Å²) in [6, 6.07) is 1.93. The molecular formula is C11H13ClN2S2. The molecule has 16 heavy (non-hydrogen) atoms. The third-order valence-electron chi connectivity index (χ3n) is 2.83. The summed E-state index contributed by atoms with van der Waals surface area (Å²) in [4.78, 5) is 9.08. The number of rotatable bonds is 2. The lowest BCUT2D eigenvalue weighted by molar-refractivity contribution is 0.872. The molecule has 0 radical (unpaired) electrons. The van der Waals surface area contributed by atoms with Gasteiger partial charge in [-0.3, -0.25) is 0 Å². The van der Waals surface area contributed by atoms with Gasteiger partial charge in [0, 0.05) is 28.9 Å². The summed E-state index contributed by atoms with van der Waals surface area (Å²) < 4.78 is 0. The van der Waals surface area contributed by atoms with Crippen LogP contribution in [0.4, 0.5) is 0 Å². The summed E-state index contributed by atoms with van der Waals surface area (Å²) >= 11 is 10.0. The molecule has 2 heterocycles. The molecule has 0 aromatic carbocycles. The summed E-state index contributed by atoms with van der Waals surface area (Å²) in [6.45, 7) is 0. The van der Waals surface area contributed by atoms with Crippen molar-refractivity contribution in [3.8, 4) is 0 Å². The van der Waals surface area contributed by atoms with Gasteiger partial charge < -0.3 is 0 Å². The molecule has 1 saturated heterocycles. The monoisotopic (exact) mass is 272 g/mol. The number of aromatic nitrogens is 2. The van der Waals surface area contributed by atoms with Crippen LogP contribution in [0.25, 0.3) is 0 Å². The molecule has 1 aliphatic carbocycles. The minimum absolute atomic E-state index is 0.440. The van der Waals surface area contributed by atoms with E-state index in [1.807, 2.05) is 29.6 Å². The van der Waals surface area contributed by atoms with Crippen LogP contribution in [0.5, 0.6) is 0 Å². The van der Waals surface area contributed by atoms with Crippen molar-refractivity contribution in [1.82, 2.24) is 9.97 Å². The van der Waals surface area contributed by atoms with Gasteiger partial charge in [-0.1, -0.05) is 11.6 Å². The summed E-state index contributed by atoms with van der Waals surface area (Å²) in [5.41, 5.74) is 1.16. The molecule has 2 aliphatic rings. The number of thioether (sulfide) groups is 2. The van der Waals surface area contributed by atoms with E-state index < -0.39 is 0 Å². The number of nitrogens with zero attached hydrogens (tertiary/aromatic N) is 2. The summed E-state index contributed by atoms with van der Waals surface area (Å²) in [5.74, 6) is 5.17. The Bertz CT molecular complexity index is 390. The van der Waals surface area contributed by atoms with E-state index in [0.29, 0.717) is 16.3 Å². The Labute approximate surface area is 109 Å². The van der Waals surface area contributed by atoms with Crippen LogP contribution in [0.3, 0.4) is 0 Å². The smallest absolute Gasteiger partial charge is 0.144 e. The van der Waals surface area contributed by atoms with Crippen LogP contribution < -0.4 is 0 Å². The van der Waals surface area contributed by atoms with Gasteiger partial charge in [-0.05, 0) is 18.9 Å². The first-order valence-electron chi connectivity index (χ1n) is 5.56. The van der Waals surface area contributed by atoms with E-state index in [1.165, 1.54) is 24.3 Å². The van der Waals surface area contributed by atoms with Crippen molar-refractivity contribution in [2.24, 2.45) is 0 Å². The SMILES string of the molecule is Clc1cc(C2CC2)nc(C2CSCCS2)n1. The zero-order valence-corrected chi connectivity index (χ0v) is 11.2. The van der Waals surface area contributed by atoms with E-state index in [1.54, 1.807) is 0 Å². The van der Waals surface area contributed by atoms with Crippen molar-refractivity contribution < 1.29 is 0 Å². The van der Waals surface area contributed by atoms with E-state index in [-0.39, 0.29) is 0 Å². The molecular weight excluding hydrogens is 260 g/mol. The molecule has 3 rings (SSSR count). The van der Waals surface area contributed by atoms with Crippen LogP contribution in [0.2, 0.25) is 5.15 Å². The molecule has 2 fully saturated rings. The molecule has 1 atom stereocenters. The Balaban J connectivity index is 1.86. The predicted octanol–water partition coefficient (Wildman–Crippen LogP) is 3.53. The first-order chi connectivity index (χ1) is 7.83. The minimum Gasteiger partial charge on any atom is -0.236 e. The van der Waals surface area contributed by atoms with Crippen LogP contribution in [0.15, 0.2) is 6.07 Å². The summed E-state index contributed by atoms with van der Waals surface area (Å²) in [6.07, 6.45) is 2.53. The molecule has 0 bridgehead atoms. The molecule has 5 heteroatoms. The van der Waals surface area contributed by atoms with E-state index in [2.05, 4.69) is 9.97 Å². The van der Waals surface area contributed by atoms with Crippen molar-refractivity contribution in [2.45, 2.75) is 24.0 Å². The van der Waals surface area contributed by atoms with Crippen LogP contribution >= 0.6 is 35.1 Å². The highest BCUT2D eigenvalue weighted by Crippen LogP contribution is 2.41. The molecule has 1 aromatic rings. The van der Waals surface area contributed by atoms with Gasteiger partial charge in [0.2, 0.25) is 0 Å². The highest BCUT2D eigenvalue weighted by atomic mass is 35.5. The maximum Gasteiger partial charge on any atom is 0.144 e. The number of hydrogen-bond donors (Lipinski definition) is 0. The first kappa shape index (κ1) is 11.2. The Morgan fingerprint density at radius 3 is 2.81 bits per heavy atom. The standard InChI is InChI=1S/C11H13ClN2S2/c12-10-5-8(7-1-2-7)13-11(14-10)9-6-15-3-4-16-9/h5,7,9H,1-4,6H2. The van der Waals surface area contributed by atoms with Crippen LogP contribution in [0, 0.1) is 0 Å². The lowest BCUT2D eigenvalue weighted by atomic mass is 10.3. The third-order valence-corrected chi connectivity index (χ3v) is 5.78.